The SMILES string of the molecule is Cc1cc(C)cc(OCC(=O)Nc2cccc(Oc3nc(C)cc(C)n3)c2)c1. The Kier molecular flexibility index (Phi) is 5.89. The van der Waals surface area contributed by atoms with E-state index in [0.717, 1.165) is 22.5 Å². The van der Waals surface area contributed by atoms with Crippen molar-refractivity contribution in [3.8, 4) is 17.5 Å². The molecule has 0 aliphatic heterocycles. The summed E-state index contributed by atoms with van der Waals surface area (Å²) in [7, 11) is 0. The molecule has 1 amide bonds. The minimum absolute atomic E-state index is 0.0752. The van der Waals surface area contributed by atoms with Crippen molar-refractivity contribution in [1.29, 1.82) is 0 Å². The molecule has 3 aromatic rings. The third-order valence-electron chi connectivity index (χ3n) is 3.85. The summed E-state index contributed by atoms with van der Waals surface area (Å²) in [5.41, 5.74) is 4.45. The van der Waals surface area contributed by atoms with Gasteiger partial charge in [0.2, 0.25) is 0 Å². The molecule has 1 aromatic heterocycles. The van der Waals surface area contributed by atoms with Gasteiger partial charge in [0.25, 0.3) is 5.91 Å². The number of carbonyl (C=O) groups excluding carboxylic acids is 1. The average molecular weight is 377 g/mol. The van der Waals surface area contributed by atoms with Gasteiger partial charge in [-0.2, -0.15) is 0 Å². The Hall–Kier alpha value is -3.41. The Morgan fingerprint density at radius 2 is 1.57 bits per heavy atom. The van der Waals surface area contributed by atoms with Crippen LogP contribution in [-0.4, -0.2) is 22.5 Å². The molecule has 1 N–H and O–H groups in total. The lowest BCUT2D eigenvalue weighted by Gasteiger charge is -2.10. The maximum Gasteiger partial charge on any atom is 0.322 e. The van der Waals surface area contributed by atoms with Crippen LogP contribution in [0.25, 0.3) is 0 Å². The first-order valence-electron chi connectivity index (χ1n) is 8.98. The van der Waals surface area contributed by atoms with E-state index in [2.05, 4.69) is 21.4 Å². The van der Waals surface area contributed by atoms with Gasteiger partial charge in [0.1, 0.15) is 11.5 Å². The first kappa shape index (κ1) is 19.4. The molecule has 0 atom stereocenters. The van der Waals surface area contributed by atoms with E-state index in [1.807, 2.05) is 45.9 Å². The summed E-state index contributed by atoms with van der Waals surface area (Å²) < 4.78 is 11.3. The van der Waals surface area contributed by atoms with E-state index in [0.29, 0.717) is 17.2 Å². The van der Waals surface area contributed by atoms with E-state index in [1.54, 1.807) is 24.3 Å². The number of aryl methyl sites for hydroxylation is 4. The van der Waals surface area contributed by atoms with Crippen molar-refractivity contribution in [2.75, 3.05) is 11.9 Å². The molecular formula is C22H23N3O3. The summed E-state index contributed by atoms with van der Waals surface area (Å²) in [6.45, 7) is 7.67. The molecule has 0 saturated heterocycles. The van der Waals surface area contributed by atoms with Gasteiger partial charge >= 0.3 is 6.01 Å². The van der Waals surface area contributed by atoms with E-state index in [-0.39, 0.29) is 18.5 Å². The van der Waals surface area contributed by atoms with Crippen molar-refractivity contribution in [3.05, 3.63) is 71.0 Å². The fourth-order valence-corrected chi connectivity index (χ4v) is 2.84. The highest BCUT2D eigenvalue weighted by Crippen LogP contribution is 2.22. The van der Waals surface area contributed by atoms with Gasteiger partial charge < -0.3 is 14.8 Å². The van der Waals surface area contributed by atoms with Gasteiger partial charge in [0, 0.05) is 23.1 Å². The molecule has 0 radical (unpaired) electrons. The van der Waals surface area contributed by atoms with E-state index in [4.69, 9.17) is 9.47 Å². The predicted molar refractivity (Wildman–Crippen MR) is 108 cm³/mol. The average Bonchev–Trinajstić information content (AvgIpc) is 2.58. The van der Waals surface area contributed by atoms with Crippen LogP contribution in [0.4, 0.5) is 5.69 Å². The second-order valence-corrected chi connectivity index (χ2v) is 6.72. The number of anilines is 1. The number of ether oxygens (including phenoxy) is 2. The van der Waals surface area contributed by atoms with E-state index in [9.17, 15) is 4.79 Å². The molecule has 1 heterocycles. The van der Waals surface area contributed by atoms with Crippen molar-refractivity contribution >= 4 is 11.6 Å². The van der Waals surface area contributed by atoms with Gasteiger partial charge in [-0.05, 0) is 69.2 Å². The summed E-state index contributed by atoms with van der Waals surface area (Å²) in [6, 6.07) is 15.1. The summed E-state index contributed by atoms with van der Waals surface area (Å²) >= 11 is 0. The van der Waals surface area contributed by atoms with Crippen LogP contribution in [0.1, 0.15) is 22.5 Å². The zero-order valence-corrected chi connectivity index (χ0v) is 16.4. The van der Waals surface area contributed by atoms with Crippen LogP contribution in [0.3, 0.4) is 0 Å². The molecule has 0 bridgehead atoms. The summed E-state index contributed by atoms with van der Waals surface area (Å²) in [6.07, 6.45) is 0. The maximum atomic E-state index is 12.2. The molecule has 0 spiro atoms. The second-order valence-electron chi connectivity index (χ2n) is 6.72. The van der Waals surface area contributed by atoms with Gasteiger partial charge in [-0.3, -0.25) is 4.79 Å². The number of amides is 1. The zero-order chi connectivity index (χ0) is 20.1. The molecule has 0 unspecified atom stereocenters. The Labute approximate surface area is 164 Å². The number of hydrogen-bond acceptors (Lipinski definition) is 5. The zero-order valence-electron chi connectivity index (χ0n) is 16.4. The van der Waals surface area contributed by atoms with Crippen molar-refractivity contribution in [2.24, 2.45) is 0 Å². The molecule has 2 aromatic carbocycles. The number of rotatable bonds is 6. The highest BCUT2D eigenvalue weighted by Gasteiger charge is 2.07. The Bertz CT molecular complexity index is 962. The van der Waals surface area contributed by atoms with Crippen LogP contribution in [-0.2, 0) is 4.79 Å². The number of nitrogens with zero attached hydrogens (tertiary/aromatic N) is 2. The van der Waals surface area contributed by atoms with Crippen molar-refractivity contribution in [2.45, 2.75) is 27.7 Å². The number of benzene rings is 2. The molecular weight excluding hydrogens is 354 g/mol. The Morgan fingerprint density at radius 1 is 0.893 bits per heavy atom. The summed E-state index contributed by atoms with van der Waals surface area (Å²) in [5.74, 6) is 0.966. The topological polar surface area (TPSA) is 73.3 Å². The van der Waals surface area contributed by atoms with Crippen LogP contribution in [0.5, 0.6) is 17.5 Å². The van der Waals surface area contributed by atoms with Crippen molar-refractivity contribution in [3.63, 3.8) is 0 Å². The summed E-state index contributed by atoms with van der Waals surface area (Å²) in [5, 5.41) is 2.81. The largest absolute Gasteiger partial charge is 0.484 e. The number of hydrogen-bond donors (Lipinski definition) is 1. The monoisotopic (exact) mass is 377 g/mol. The van der Waals surface area contributed by atoms with Crippen LogP contribution in [0, 0.1) is 27.7 Å². The van der Waals surface area contributed by atoms with Gasteiger partial charge in [-0.1, -0.05) is 12.1 Å². The minimum atomic E-state index is -0.251. The number of carbonyl (C=O) groups is 1. The van der Waals surface area contributed by atoms with E-state index < -0.39 is 0 Å². The van der Waals surface area contributed by atoms with Crippen LogP contribution < -0.4 is 14.8 Å². The lowest BCUT2D eigenvalue weighted by molar-refractivity contribution is -0.118. The van der Waals surface area contributed by atoms with Crippen LogP contribution in [0.2, 0.25) is 0 Å². The molecule has 0 saturated carbocycles. The van der Waals surface area contributed by atoms with Crippen molar-refractivity contribution in [1.82, 2.24) is 9.97 Å². The quantitative estimate of drug-likeness (QED) is 0.684. The van der Waals surface area contributed by atoms with Crippen LogP contribution in [0.15, 0.2) is 48.5 Å². The predicted octanol–water partition coefficient (Wildman–Crippen LogP) is 4.52. The molecule has 144 valence electrons. The highest BCUT2D eigenvalue weighted by atomic mass is 16.5. The fraction of sp³-hybridized carbons (Fsp3) is 0.227. The Morgan fingerprint density at radius 3 is 2.25 bits per heavy atom. The number of aromatic nitrogens is 2. The third kappa shape index (κ3) is 5.54. The molecule has 0 aliphatic rings. The fourth-order valence-electron chi connectivity index (χ4n) is 2.84. The summed E-state index contributed by atoms with van der Waals surface area (Å²) in [4.78, 5) is 20.7. The van der Waals surface area contributed by atoms with Gasteiger partial charge in [-0.15, -0.1) is 0 Å². The van der Waals surface area contributed by atoms with Gasteiger partial charge in [0.15, 0.2) is 6.61 Å². The van der Waals surface area contributed by atoms with Crippen LogP contribution >= 0.6 is 0 Å². The van der Waals surface area contributed by atoms with E-state index in [1.165, 1.54) is 0 Å². The number of nitrogens with one attached hydrogen (secondary N) is 1. The lowest BCUT2D eigenvalue weighted by Crippen LogP contribution is -2.20. The second kappa shape index (κ2) is 8.52. The standard InChI is InChI=1S/C22H23N3O3/c1-14-8-15(2)10-20(9-14)27-13-21(26)25-18-6-5-7-19(12-18)28-22-23-16(3)11-17(4)24-22/h5-12H,13H2,1-4H3,(H,25,26). The normalized spacial score (nSPS) is 10.4. The minimum Gasteiger partial charge on any atom is -0.484 e. The van der Waals surface area contributed by atoms with Gasteiger partial charge in [0.05, 0.1) is 0 Å². The smallest absolute Gasteiger partial charge is 0.322 e. The third-order valence-corrected chi connectivity index (χ3v) is 3.85. The first-order chi connectivity index (χ1) is 13.4. The van der Waals surface area contributed by atoms with E-state index >= 15 is 0 Å². The molecule has 3 rings (SSSR count). The highest BCUT2D eigenvalue weighted by molar-refractivity contribution is 5.92. The molecule has 28 heavy (non-hydrogen) atoms. The van der Waals surface area contributed by atoms with Crippen molar-refractivity contribution < 1.29 is 14.3 Å². The Balaban J connectivity index is 1.61. The lowest BCUT2D eigenvalue weighted by atomic mass is 10.1. The maximum absolute atomic E-state index is 12.2. The molecule has 0 aliphatic carbocycles. The molecule has 6 nitrogen and oxygen atoms in total. The van der Waals surface area contributed by atoms with Gasteiger partial charge in [-0.25, -0.2) is 9.97 Å². The molecule has 6 heteroatoms. The molecule has 0 fully saturated rings. The first-order valence-corrected chi connectivity index (χ1v) is 8.98.